The average molecular weight is 263 g/mol. The lowest BCUT2D eigenvalue weighted by Crippen LogP contribution is -2.40. The Morgan fingerprint density at radius 2 is 2.29 bits per heavy atom. The number of ether oxygens (including phenoxy) is 2. The Balaban J connectivity index is 1.83. The molecule has 0 radical (unpaired) electrons. The first-order chi connectivity index (χ1) is 6.85. The lowest BCUT2D eigenvalue weighted by molar-refractivity contribution is -0.0987. The van der Waals surface area contributed by atoms with Crippen molar-refractivity contribution in [2.24, 2.45) is 5.92 Å². The van der Waals surface area contributed by atoms with Crippen molar-refractivity contribution in [1.29, 1.82) is 0 Å². The van der Waals surface area contributed by atoms with E-state index in [2.05, 4.69) is 15.9 Å². The second kappa shape index (κ2) is 4.95. The molecule has 82 valence electrons. The van der Waals surface area contributed by atoms with Crippen molar-refractivity contribution in [2.45, 2.75) is 37.7 Å². The van der Waals surface area contributed by atoms with Crippen molar-refractivity contribution >= 4 is 15.9 Å². The smallest absolute Gasteiger partial charge is 0.0939 e. The van der Waals surface area contributed by atoms with Gasteiger partial charge in [0.05, 0.1) is 12.2 Å². The third-order valence-electron chi connectivity index (χ3n) is 3.41. The molecule has 0 bridgehead atoms. The van der Waals surface area contributed by atoms with Crippen molar-refractivity contribution < 1.29 is 9.47 Å². The Labute approximate surface area is 94.5 Å². The Kier molecular flexibility index (Phi) is 3.86. The van der Waals surface area contributed by atoms with Crippen molar-refractivity contribution in [3.05, 3.63) is 0 Å². The Morgan fingerprint density at radius 3 is 3.00 bits per heavy atom. The number of hydrogen-bond donors (Lipinski definition) is 0. The van der Waals surface area contributed by atoms with Crippen LogP contribution in [0.3, 0.4) is 0 Å². The van der Waals surface area contributed by atoms with E-state index in [-0.39, 0.29) is 5.60 Å². The third-order valence-corrected chi connectivity index (χ3v) is 3.97. The number of halogens is 1. The molecule has 14 heavy (non-hydrogen) atoms. The van der Waals surface area contributed by atoms with Gasteiger partial charge in [-0.2, -0.15) is 0 Å². The quantitative estimate of drug-likeness (QED) is 0.729. The third kappa shape index (κ3) is 2.50. The van der Waals surface area contributed by atoms with E-state index in [0.717, 1.165) is 37.5 Å². The van der Waals surface area contributed by atoms with Gasteiger partial charge in [0.25, 0.3) is 0 Å². The zero-order chi connectivity index (χ0) is 9.86. The minimum Gasteiger partial charge on any atom is -0.378 e. The van der Waals surface area contributed by atoms with Gasteiger partial charge in [0.1, 0.15) is 0 Å². The summed E-state index contributed by atoms with van der Waals surface area (Å²) in [6, 6.07) is 0. The van der Waals surface area contributed by atoms with Crippen LogP contribution in [0.5, 0.6) is 0 Å². The van der Waals surface area contributed by atoms with Gasteiger partial charge in [-0.25, -0.2) is 0 Å². The largest absolute Gasteiger partial charge is 0.378 e. The van der Waals surface area contributed by atoms with Crippen LogP contribution in [0.2, 0.25) is 0 Å². The minimum atomic E-state index is 0.106. The highest BCUT2D eigenvalue weighted by Gasteiger charge is 2.40. The van der Waals surface area contributed by atoms with Gasteiger partial charge in [-0.3, -0.25) is 0 Å². The average Bonchev–Trinajstić information content (AvgIpc) is 2.63. The first kappa shape index (κ1) is 10.9. The van der Waals surface area contributed by atoms with Crippen LogP contribution in [0.25, 0.3) is 0 Å². The van der Waals surface area contributed by atoms with E-state index in [1.165, 1.54) is 25.7 Å². The van der Waals surface area contributed by atoms with Crippen LogP contribution >= 0.6 is 15.9 Å². The monoisotopic (exact) mass is 262 g/mol. The van der Waals surface area contributed by atoms with E-state index in [4.69, 9.17) is 9.47 Å². The second-order valence-corrected chi connectivity index (χ2v) is 5.32. The van der Waals surface area contributed by atoms with Crippen molar-refractivity contribution in [1.82, 2.24) is 0 Å². The molecule has 2 nitrogen and oxygen atoms in total. The maximum absolute atomic E-state index is 5.90. The van der Waals surface area contributed by atoms with E-state index >= 15 is 0 Å². The molecule has 0 aromatic heterocycles. The molecule has 2 fully saturated rings. The molecule has 0 aromatic rings. The molecule has 0 saturated carbocycles. The van der Waals surface area contributed by atoms with Gasteiger partial charge < -0.3 is 9.47 Å². The Hall–Kier alpha value is 0.400. The van der Waals surface area contributed by atoms with Gasteiger partial charge in [-0.1, -0.05) is 15.9 Å². The number of alkyl halides is 1. The predicted octanol–water partition coefficient (Wildman–Crippen LogP) is 2.75. The lowest BCUT2D eigenvalue weighted by Gasteiger charge is -2.37. The maximum Gasteiger partial charge on any atom is 0.0939 e. The fourth-order valence-electron chi connectivity index (χ4n) is 2.60. The summed E-state index contributed by atoms with van der Waals surface area (Å²) >= 11 is 3.50. The molecule has 2 rings (SSSR count). The summed E-state index contributed by atoms with van der Waals surface area (Å²) in [5.74, 6) is 0.864. The molecule has 0 amide bonds. The summed E-state index contributed by atoms with van der Waals surface area (Å²) in [5.41, 5.74) is 0.106. The highest BCUT2D eigenvalue weighted by atomic mass is 79.9. The standard InChI is InChI=1S/C11H19BrO2/c12-5-1-2-10-3-6-14-11(8-10)4-7-13-9-11/h10H,1-9H2. The van der Waals surface area contributed by atoms with Crippen LogP contribution in [0.4, 0.5) is 0 Å². The molecule has 2 aliphatic rings. The summed E-state index contributed by atoms with van der Waals surface area (Å²) in [4.78, 5) is 0. The molecule has 1 spiro atoms. The highest BCUT2D eigenvalue weighted by Crippen LogP contribution is 2.37. The van der Waals surface area contributed by atoms with Crippen molar-refractivity contribution in [3.8, 4) is 0 Å². The molecule has 2 aliphatic heterocycles. The van der Waals surface area contributed by atoms with Gasteiger partial charge in [0.2, 0.25) is 0 Å². The number of hydrogen-bond acceptors (Lipinski definition) is 2. The van der Waals surface area contributed by atoms with E-state index < -0.39 is 0 Å². The maximum atomic E-state index is 5.90. The lowest BCUT2D eigenvalue weighted by atomic mass is 9.83. The van der Waals surface area contributed by atoms with Gasteiger partial charge in [0, 0.05) is 25.0 Å². The summed E-state index contributed by atoms with van der Waals surface area (Å²) in [6.45, 7) is 2.67. The summed E-state index contributed by atoms with van der Waals surface area (Å²) < 4.78 is 11.4. The summed E-state index contributed by atoms with van der Waals surface area (Å²) in [6.07, 6.45) is 6.21. The molecule has 2 unspecified atom stereocenters. The van der Waals surface area contributed by atoms with Crippen LogP contribution in [0, 0.1) is 5.92 Å². The molecular formula is C11H19BrO2. The first-order valence-electron chi connectivity index (χ1n) is 5.62. The van der Waals surface area contributed by atoms with Crippen LogP contribution in [0.15, 0.2) is 0 Å². The van der Waals surface area contributed by atoms with E-state index in [9.17, 15) is 0 Å². The highest BCUT2D eigenvalue weighted by molar-refractivity contribution is 9.09. The van der Waals surface area contributed by atoms with E-state index in [0.29, 0.717) is 0 Å². The zero-order valence-corrected chi connectivity index (χ0v) is 10.2. The minimum absolute atomic E-state index is 0.106. The van der Waals surface area contributed by atoms with Gasteiger partial charge >= 0.3 is 0 Å². The normalized spacial score (nSPS) is 37.9. The second-order valence-electron chi connectivity index (χ2n) is 4.52. The molecule has 0 aliphatic carbocycles. The van der Waals surface area contributed by atoms with Crippen molar-refractivity contribution in [2.75, 3.05) is 25.2 Å². The molecule has 2 saturated heterocycles. The predicted molar refractivity (Wildman–Crippen MR) is 59.9 cm³/mol. The van der Waals surface area contributed by atoms with Crippen molar-refractivity contribution in [3.63, 3.8) is 0 Å². The van der Waals surface area contributed by atoms with Crippen LogP contribution in [-0.2, 0) is 9.47 Å². The molecule has 0 N–H and O–H groups in total. The van der Waals surface area contributed by atoms with Gasteiger partial charge in [0.15, 0.2) is 0 Å². The van der Waals surface area contributed by atoms with Gasteiger partial charge in [-0.15, -0.1) is 0 Å². The molecule has 2 heterocycles. The fraction of sp³-hybridized carbons (Fsp3) is 1.00. The molecule has 3 heteroatoms. The zero-order valence-electron chi connectivity index (χ0n) is 8.64. The Morgan fingerprint density at radius 1 is 1.36 bits per heavy atom. The number of rotatable bonds is 3. The van der Waals surface area contributed by atoms with Crippen LogP contribution in [0.1, 0.15) is 32.1 Å². The summed E-state index contributed by atoms with van der Waals surface area (Å²) in [7, 11) is 0. The fourth-order valence-corrected chi connectivity index (χ4v) is 2.93. The topological polar surface area (TPSA) is 18.5 Å². The first-order valence-corrected chi connectivity index (χ1v) is 6.74. The van der Waals surface area contributed by atoms with E-state index in [1.807, 2.05) is 0 Å². The van der Waals surface area contributed by atoms with Crippen LogP contribution < -0.4 is 0 Å². The SMILES string of the molecule is BrCCCC1CCOC2(CCOC2)C1. The van der Waals surface area contributed by atoms with E-state index in [1.54, 1.807) is 0 Å². The molecule has 2 atom stereocenters. The summed E-state index contributed by atoms with van der Waals surface area (Å²) in [5, 5.41) is 1.13. The molecular weight excluding hydrogens is 244 g/mol. The van der Waals surface area contributed by atoms with Gasteiger partial charge in [-0.05, 0) is 31.6 Å². The van der Waals surface area contributed by atoms with Crippen LogP contribution in [-0.4, -0.2) is 30.8 Å². The Bertz CT molecular complexity index is 178. The molecule has 0 aromatic carbocycles.